The molecule has 0 amide bonds. The van der Waals surface area contributed by atoms with Gasteiger partial charge in [-0.05, 0) is 138 Å². The zero-order valence-electron chi connectivity index (χ0n) is 26.3. The van der Waals surface area contributed by atoms with E-state index in [2.05, 4.69) is 32.2 Å². The topological polar surface area (TPSA) is 91.3 Å². The Morgan fingerprint density at radius 1 is 0.767 bits per heavy atom. The Morgan fingerprint density at radius 3 is 1.93 bits per heavy atom. The maximum Gasteiger partial charge on any atom is 0.338 e. The molecular weight excluding hydrogens is 544 g/mol. The summed E-state index contributed by atoms with van der Waals surface area (Å²) >= 11 is 0. The van der Waals surface area contributed by atoms with Gasteiger partial charge in [0.15, 0.2) is 0 Å². The third kappa shape index (κ3) is 9.50. The Hall–Kier alpha value is -2.48. The number of esters is 2. The Balaban J connectivity index is 1.35. The van der Waals surface area contributed by atoms with Crippen LogP contribution in [0, 0.1) is 11.8 Å². The number of carbonyl (C=O) groups is 2. The van der Waals surface area contributed by atoms with Gasteiger partial charge in [-0.2, -0.15) is 0 Å². The summed E-state index contributed by atoms with van der Waals surface area (Å²) in [4.78, 5) is 24.0. The van der Waals surface area contributed by atoms with Crippen LogP contribution in [0.1, 0.15) is 114 Å². The summed E-state index contributed by atoms with van der Waals surface area (Å²) < 4.78 is 22.7. The van der Waals surface area contributed by atoms with Crippen LogP contribution in [0.4, 0.5) is 0 Å². The Kier molecular flexibility index (Phi) is 12.9. The highest BCUT2D eigenvalue weighted by atomic mass is 16.6. The third-order valence-electron chi connectivity index (χ3n) is 9.88. The molecule has 0 bridgehead atoms. The third-order valence-corrected chi connectivity index (χ3v) is 9.88. The molecule has 7 heteroatoms. The minimum atomic E-state index is -0.581. The SMILES string of the molecule is C=C(C)C(=O)Oc1ccc(C2CCC(OCCOC(=O)C(=C)CO)CC2)c(C2CCC(C3CCC(OCC)CC3)CC2)c1. The van der Waals surface area contributed by atoms with E-state index in [1.54, 1.807) is 6.92 Å². The summed E-state index contributed by atoms with van der Waals surface area (Å²) in [6.45, 7) is 11.9. The lowest BCUT2D eigenvalue weighted by Gasteiger charge is -2.39. The highest BCUT2D eigenvalue weighted by Crippen LogP contribution is 2.47. The molecule has 0 aliphatic heterocycles. The van der Waals surface area contributed by atoms with Crippen molar-refractivity contribution in [2.24, 2.45) is 11.8 Å². The van der Waals surface area contributed by atoms with Crippen molar-refractivity contribution < 1.29 is 33.6 Å². The molecule has 3 aliphatic rings. The van der Waals surface area contributed by atoms with Gasteiger partial charge in [0.25, 0.3) is 0 Å². The van der Waals surface area contributed by atoms with Crippen molar-refractivity contribution in [3.05, 3.63) is 53.6 Å². The van der Waals surface area contributed by atoms with Gasteiger partial charge in [-0.25, -0.2) is 9.59 Å². The van der Waals surface area contributed by atoms with E-state index in [1.165, 1.54) is 62.5 Å². The molecule has 0 atom stereocenters. The summed E-state index contributed by atoms with van der Waals surface area (Å²) in [5.41, 5.74) is 3.20. The summed E-state index contributed by atoms with van der Waals surface area (Å²) in [7, 11) is 0. The van der Waals surface area contributed by atoms with Gasteiger partial charge in [0.05, 0.1) is 31.0 Å². The Bertz CT molecular complexity index is 1090. The van der Waals surface area contributed by atoms with E-state index in [0.29, 0.717) is 35.9 Å². The molecule has 0 saturated heterocycles. The number of hydrogen-bond donors (Lipinski definition) is 1. The molecule has 43 heavy (non-hydrogen) atoms. The highest BCUT2D eigenvalue weighted by Gasteiger charge is 2.33. The second-order valence-electron chi connectivity index (χ2n) is 12.8. The van der Waals surface area contributed by atoms with E-state index in [-0.39, 0.29) is 24.3 Å². The second-order valence-corrected chi connectivity index (χ2v) is 12.8. The number of carbonyl (C=O) groups excluding carboxylic acids is 2. The molecule has 0 aromatic heterocycles. The van der Waals surface area contributed by atoms with E-state index in [9.17, 15) is 9.59 Å². The molecule has 0 heterocycles. The van der Waals surface area contributed by atoms with Crippen LogP contribution >= 0.6 is 0 Å². The van der Waals surface area contributed by atoms with Gasteiger partial charge in [0, 0.05) is 12.2 Å². The standard InChI is InChI=1S/C36H52O7/c1-5-40-30-14-10-27(11-15-30)26-6-8-29(9-7-26)34-22-32(43-35(38)24(2)3)18-19-33(34)28-12-16-31(17-13-28)41-20-21-42-36(39)25(4)23-37/h18-19,22,26-31,37H,2,4-17,20-21,23H2,1,3H3. The van der Waals surface area contributed by atoms with Crippen LogP contribution in [0.5, 0.6) is 5.75 Å². The van der Waals surface area contributed by atoms with Crippen LogP contribution in [0.2, 0.25) is 0 Å². The van der Waals surface area contributed by atoms with Gasteiger partial charge in [-0.1, -0.05) is 19.2 Å². The number of aliphatic hydroxyl groups excluding tert-OH is 1. The second kappa shape index (κ2) is 16.6. The summed E-state index contributed by atoms with van der Waals surface area (Å²) in [6, 6.07) is 6.27. The van der Waals surface area contributed by atoms with Crippen LogP contribution in [-0.4, -0.2) is 55.7 Å². The van der Waals surface area contributed by atoms with Crippen LogP contribution in [0.3, 0.4) is 0 Å². The summed E-state index contributed by atoms with van der Waals surface area (Å²) in [5, 5.41) is 8.99. The molecule has 7 nitrogen and oxygen atoms in total. The van der Waals surface area contributed by atoms with Crippen molar-refractivity contribution in [2.45, 2.75) is 115 Å². The maximum atomic E-state index is 12.3. The molecule has 238 valence electrons. The predicted octanol–water partition coefficient (Wildman–Crippen LogP) is 7.17. The smallest absolute Gasteiger partial charge is 0.338 e. The van der Waals surface area contributed by atoms with Gasteiger partial charge in [-0.15, -0.1) is 0 Å². The molecule has 0 spiro atoms. The largest absolute Gasteiger partial charge is 0.460 e. The molecule has 3 saturated carbocycles. The van der Waals surface area contributed by atoms with Crippen molar-refractivity contribution in [2.75, 3.05) is 26.4 Å². The lowest BCUT2D eigenvalue weighted by Crippen LogP contribution is -2.28. The summed E-state index contributed by atoms with van der Waals surface area (Å²) in [5.74, 6) is 2.20. The maximum absolute atomic E-state index is 12.3. The number of benzene rings is 1. The first-order valence-electron chi connectivity index (χ1n) is 16.5. The Morgan fingerprint density at radius 2 is 1.33 bits per heavy atom. The van der Waals surface area contributed by atoms with E-state index in [1.807, 2.05) is 6.07 Å². The molecule has 3 aliphatic carbocycles. The zero-order chi connectivity index (χ0) is 30.8. The average Bonchev–Trinajstić information content (AvgIpc) is 3.03. The van der Waals surface area contributed by atoms with Crippen LogP contribution in [-0.2, 0) is 23.8 Å². The normalized spacial score (nSPS) is 27.7. The number of hydrogen-bond acceptors (Lipinski definition) is 7. The predicted molar refractivity (Wildman–Crippen MR) is 167 cm³/mol. The van der Waals surface area contributed by atoms with Crippen molar-refractivity contribution in [3.63, 3.8) is 0 Å². The fraction of sp³-hybridized carbons (Fsp3) is 0.667. The van der Waals surface area contributed by atoms with Gasteiger partial charge in [0.2, 0.25) is 0 Å². The molecule has 1 N–H and O–H groups in total. The van der Waals surface area contributed by atoms with Crippen molar-refractivity contribution in [1.82, 2.24) is 0 Å². The van der Waals surface area contributed by atoms with Gasteiger partial charge < -0.3 is 24.1 Å². The molecular formula is C36H52O7. The lowest BCUT2D eigenvalue weighted by molar-refractivity contribution is -0.142. The average molecular weight is 597 g/mol. The monoisotopic (exact) mass is 596 g/mol. The minimum Gasteiger partial charge on any atom is -0.460 e. The first kappa shape index (κ1) is 33.4. The van der Waals surface area contributed by atoms with E-state index in [0.717, 1.165) is 44.1 Å². The van der Waals surface area contributed by atoms with Crippen molar-refractivity contribution in [3.8, 4) is 5.75 Å². The number of ether oxygens (including phenoxy) is 4. The van der Waals surface area contributed by atoms with E-state index >= 15 is 0 Å². The molecule has 3 fully saturated rings. The highest BCUT2D eigenvalue weighted by molar-refractivity contribution is 5.89. The van der Waals surface area contributed by atoms with E-state index in [4.69, 9.17) is 24.1 Å². The number of aliphatic hydroxyl groups is 1. The summed E-state index contributed by atoms with van der Waals surface area (Å²) in [6.07, 6.45) is 14.4. The number of rotatable bonds is 13. The molecule has 4 rings (SSSR count). The minimum absolute atomic E-state index is 0.0508. The van der Waals surface area contributed by atoms with Crippen LogP contribution < -0.4 is 4.74 Å². The van der Waals surface area contributed by atoms with Crippen molar-refractivity contribution >= 4 is 11.9 Å². The first-order chi connectivity index (χ1) is 20.8. The van der Waals surface area contributed by atoms with E-state index < -0.39 is 12.6 Å². The quantitative estimate of drug-likeness (QED) is 0.112. The molecule has 0 unspecified atom stereocenters. The Labute approximate surface area is 258 Å². The van der Waals surface area contributed by atoms with Crippen LogP contribution in [0.15, 0.2) is 42.5 Å². The van der Waals surface area contributed by atoms with Crippen molar-refractivity contribution in [1.29, 1.82) is 0 Å². The van der Waals surface area contributed by atoms with Gasteiger partial charge >= 0.3 is 11.9 Å². The molecule has 0 radical (unpaired) electrons. The van der Waals surface area contributed by atoms with Gasteiger partial charge in [-0.3, -0.25) is 0 Å². The van der Waals surface area contributed by atoms with Gasteiger partial charge in [0.1, 0.15) is 12.4 Å². The van der Waals surface area contributed by atoms with Crippen LogP contribution in [0.25, 0.3) is 0 Å². The first-order valence-corrected chi connectivity index (χ1v) is 16.5. The molecule has 1 aromatic rings. The lowest BCUT2D eigenvalue weighted by atomic mass is 9.68. The fourth-order valence-electron chi connectivity index (χ4n) is 7.46. The zero-order valence-corrected chi connectivity index (χ0v) is 26.3. The fourth-order valence-corrected chi connectivity index (χ4v) is 7.46. The molecule has 1 aromatic carbocycles.